The van der Waals surface area contributed by atoms with E-state index in [0.717, 1.165) is 0 Å². The summed E-state index contributed by atoms with van der Waals surface area (Å²) in [6, 6.07) is 14.7. The molecule has 0 radical (unpaired) electrons. The van der Waals surface area contributed by atoms with E-state index < -0.39 is 81.2 Å². The lowest BCUT2D eigenvalue weighted by molar-refractivity contribution is -0.174. The second-order valence-electron chi connectivity index (χ2n) is 8.10. The molecule has 2 aromatic rings. The average molecular weight is 576 g/mol. The van der Waals surface area contributed by atoms with E-state index in [4.69, 9.17) is 9.47 Å². The second-order valence-corrected chi connectivity index (χ2v) is 11.5. The largest absolute Gasteiger partial charge is 0.614 e. The fourth-order valence-electron chi connectivity index (χ4n) is 3.82. The van der Waals surface area contributed by atoms with E-state index in [9.17, 15) is 40.5 Å². The van der Waals surface area contributed by atoms with Crippen LogP contribution in [0.4, 0.5) is 13.2 Å². The number of hydrogen-bond donors (Lipinski definition) is 1. The predicted molar refractivity (Wildman–Crippen MR) is 124 cm³/mol. The van der Waals surface area contributed by atoms with Gasteiger partial charge in [0.2, 0.25) is 11.5 Å². The van der Waals surface area contributed by atoms with Crippen LogP contribution in [0.5, 0.6) is 5.75 Å². The van der Waals surface area contributed by atoms with Gasteiger partial charge in [-0.05, 0) is 28.9 Å². The second kappa shape index (κ2) is 10.8. The van der Waals surface area contributed by atoms with Crippen LogP contribution in [0.1, 0.15) is 5.56 Å². The first-order valence-electron chi connectivity index (χ1n) is 10.9. The number of esters is 1. The zero-order valence-corrected chi connectivity index (χ0v) is 20.9. The van der Waals surface area contributed by atoms with Crippen molar-refractivity contribution in [3.63, 3.8) is 0 Å². The van der Waals surface area contributed by atoms with Gasteiger partial charge >= 0.3 is 21.5 Å². The molecule has 4 rings (SSSR count). The first kappa shape index (κ1) is 27.7. The van der Waals surface area contributed by atoms with Crippen molar-refractivity contribution in [2.45, 2.75) is 29.7 Å². The Bertz CT molecular complexity index is 1300. The fourth-order valence-corrected chi connectivity index (χ4v) is 6.91. The van der Waals surface area contributed by atoms with Gasteiger partial charge in [0, 0.05) is 0 Å². The van der Waals surface area contributed by atoms with Crippen molar-refractivity contribution in [3.05, 3.63) is 66.2 Å². The Morgan fingerprint density at radius 2 is 1.68 bits per heavy atom. The minimum Gasteiger partial charge on any atom is -0.614 e. The molecule has 1 N–H and O–H groups in total. The van der Waals surface area contributed by atoms with Gasteiger partial charge in [0.05, 0.1) is 0 Å². The van der Waals surface area contributed by atoms with Gasteiger partial charge < -0.3 is 19.3 Å². The molecule has 0 saturated carbocycles. The molecule has 0 bridgehead atoms. The third-order valence-corrected chi connectivity index (χ3v) is 8.87. The third kappa shape index (κ3) is 5.43. The van der Waals surface area contributed by atoms with E-state index in [0.29, 0.717) is 16.2 Å². The van der Waals surface area contributed by atoms with Crippen molar-refractivity contribution >= 4 is 39.0 Å². The zero-order valence-electron chi connectivity index (χ0n) is 19.2. The number of sulfonamides is 1. The Kier molecular flexibility index (Phi) is 7.87. The summed E-state index contributed by atoms with van der Waals surface area (Å²) < 4.78 is 87.4. The average Bonchev–Trinajstić information content (AvgIpc) is 2.89. The van der Waals surface area contributed by atoms with Crippen LogP contribution in [-0.4, -0.2) is 75.5 Å². The van der Waals surface area contributed by atoms with Gasteiger partial charge in [0.25, 0.3) is 11.8 Å². The molecular formula is C22H20F3N3O8S2. The van der Waals surface area contributed by atoms with Gasteiger partial charge in [-0.1, -0.05) is 48.5 Å². The van der Waals surface area contributed by atoms with Crippen LogP contribution in [0.25, 0.3) is 0 Å². The Labute approximate surface area is 217 Å². The maximum Gasteiger partial charge on any atom is 0.511 e. The lowest BCUT2D eigenvalue weighted by Gasteiger charge is -2.53. The highest BCUT2D eigenvalue weighted by atomic mass is 32.2. The summed E-state index contributed by atoms with van der Waals surface area (Å²) in [5, 5.41) is 0.802. The number of fused-ring (bicyclic) bond motifs is 1. The van der Waals surface area contributed by atoms with Gasteiger partial charge in [0.1, 0.15) is 12.4 Å². The first-order valence-corrected chi connectivity index (χ1v) is 13.7. The van der Waals surface area contributed by atoms with Crippen LogP contribution < -0.4 is 10.1 Å². The quantitative estimate of drug-likeness (QED) is 0.275. The molecule has 11 nitrogen and oxygen atoms in total. The number of para-hydroxylation sites is 1. The number of nitrogens with zero attached hydrogens (tertiary/aromatic N) is 2. The lowest BCUT2D eigenvalue weighted by atomic mass is 10.1. The van der Waals surface area contributed by atoms with E-state index in [-0.39, 0.29) is 4.31 Å². The molecule has 204 valence electrons. The Morgan fingerprint density at radius 1 is 1.08 bits per heavy atom. The van der Waals surface area contributed by atoms with Crippen molar-refractivity contribution in [2.24, 2.45) is 0 Å². The van der Waals surface area contributed by atoms with Gasteiger partial charge in [0.15, 0.2) is 18.5 Å². The van der Waals surface area contributed by atoms with Crippen LogP contribution in [0, 0.1) is 0 Å². The number of amides is 2. The zero-order chi connectivity index (χ0) is 27.7. The number of carbonyl (C=O) groups is 3. The number of ether oxygens (including phenoxy) is 2. The predicted octanol–water partition coefficient (Wildman–Crippen LogP) is 0.659. The monoisotopic (exact) mass is 575 g/mol. The summed E-state index contributed by atoms with van der Waals surface area (Å²) in [6.45, 7) is -0.965. The smallest absolute Gasteiger partial charge is 0.511 e. The fraction of sp³-hybridized carbons (Fsp3) is 0.318. The van der Waals surface area contributed by atoms with Crippen LogP contribution >= 0.6 is 0 Å². The number of halogens is 3. The van der Waals surface area contributed by atoms with Crippen molar-refractivity contribution in [1.29, 1.82) is 0 Å². The minimum absolute atomic E-state index is 0.347. The number of β-lactam (4-membered cyclic amide) rings is 1. The summed E-state index contributed by atoms with van der Waals surface area (Å²) in [6.07, 6.45) is -2.38. The topological polar surface area (TPSA) is 145 Å². The maximum absolute atomic E-state index is 13.4. The molecule has 2 aliphatic heterocycles. The molecule has 2 aromatic carbocycles. The van der Waals surface area contributed by atoms with Gasteiger partial charge in [-0.25, -0.2) is 13.2 Å². The molecule has 4 atom stereocenters. The van der Waals surface area contributed by atoms with Crippen molar-refractivity contribution in [2.75, 3.05) is 12.5 Å². The molecule has 2 aliphatic rings. The Hall–Kier alpha value is -3.34. The van der Waals surface area contributed by atoms with Crippen LogP contribution in [0.3, 0.4) is 0 Å². The first-order chi connectivity index (χ1) is 17.9. The van der Waals surface area contributed by atoms with Crippen molar-refractivity contribution in [1.82, 2.24) is 14.5 Å². The van der Waals surface area contributed by atoms with Crippen LogP contribution in [0.15, 0.2) is 60.7 Å². The summed E-state index contributed by atoms with van der Waals surface area (Å²) in [7, 11) is -6.20. The molecule has 0 aromatic heterocycles. The van der Waals surface area contributed by atoms with E-state index >= 15 is 0 Å². The van der Waals surface area contributed by atoms with E-state index in [1.165, 1.54) is 0 Å². The Morgan fingerprint density at radius 3 is 2.29 bits per heavy atom. The number of benzene rings is 2. The molecule has 16 heteroatoms. The summed E-state index contributed by atoms with van der Waals surface area (Å²) in [5.41, 5.74) is -5.40. The standard InChI is InChI=1S/C22H20F3N3O8S2/c23-22(24,25)38(33,34)27-13-37(32)20-17(26-16(29)12-35-15-9-5-2-6-10-15)19(30)28(20)18(27)21(31)36-11-14-7-3-1-4-8-14/h1-10,17-18,20H,11-13H2,(H,26,29). The summed E-state index contributed by atoms with van der Waals surface area (Å²) in [5.74, 6) is -4.31. The van der Waals surface area contributed by atoms with Gasteiger partial charge in [-0.3, -0.25) is 14.5 Å². The summed E-state index contributed by atoms with van der Waals surface area (Å²) in [4.78, 5) is 38.5. The lowest BCUT2D eigenvalue weighted by Crippen LogP contribution is -2.82. The number of rotatable bonds is 8. The third-order valence-electron chi connectivity index (χ3n) is 5.61. The number of hydrogen-bond acceptors (Lipinski definition) is 8. The highest BCUT2D eigenvalue weighted by Gasteiger charge is 2.68. The molecule has 2 saturated heterocycles. The van der Waals surface area contributed by atoms with Gasteiger partial charge in [-0.15, -0.1) is 4.31 Å². The van der Waals surface area contributed by atoms with Crippen molar-refractivity contribution < 1.29 is 50.0 Å². The van der Waals surface area contributed by atoms with Crippen molar-refractivity contribution in [3.8, 4) is 5.75 Å². The molecule has 4 unspecified atom stereocenters. The van der Waals surface area contributed by atoms with Crippen LogP contribution in [-0.2, 0) is 46.9 Å². The highest BCUT2D eigenvalue weighted by molar-refractivity contribution is 7.94. The highest BCUT2D eigenvalue weighted by Crippen LogP contribution is 2.39. The number of carbonyl (C=O) groups excluding carboxylic acids is 3. The molecule has 38 heavy (non-hydrogen) atoms. The SMILES string of the molecule is O=C(COc1ccccc1)NC1C(=O)N2C(C(=O)OCc3ccccc3)N(S(=O)(=O)C(F)(F)F)C[S+]([O-])C12. The Balaban J connectivity index is 1.53. The summed E-state index contributed by atoms with van der Waals surface area (Å²) >= 11 is -2.44. The molecule has 0 spiro atoms. The van der Waals surface area contributed by atoms with E-state index in [1.54, 1.807) is 60.7 Å². The molecular weight excluding hydrogens is 555 g/mol. The van der Waals surface area contributed by atoms with Crippen LogP contribution in [0.2, 0.25) is 0 Å². The minimum atomic E-state index is -6.20. The number of nitrogens with one attached hydrogen (secondary N) is 1. The number of alkyl halides is 3. The van der Waals surface area contributed by atoms with E-state index in [2.05, 4.69) is 5.32 Å². The molecule has 2 amide bonds. The van der Waals surface area contributed by atoms with E-state index in [1.807, 2.05) is 0 Å². The molecule has 2 heterocycles. The van der Waals surface area contributed by atoms with Gasteiger partial charge in [-0.2, -0.15) is 13.2 Å². The molecule has 0 aliphatic carbocycles. The molecule has 2 fully saturated rings. The normalized spacial score (nSPS) is 23.7. The maximum atomic E-state index is 13.4.